The van der Waals surface area contributed by atoms with E-state index < -0.39 is 10.0 Å². The number of thioether (sulfide) groups is 1. The maximum Gasteiger partial charge on any atom is 0.264 e. The molecule has 0 bridgehead atoms. The number of ether oxygens (including phenoxy) is 2. The first-order chi connectivity index (χ1) is 17.4. The first-order valence-electron chi connectivity index (χ1n) is 11.6. The van der Waals surface area contributed by atoms with E-state index in [1.807, 2.05) is 23.9 Å². The lowest BCUT2D eigenvalue weighted by atomic mass is 10.1. The van der Waals surface area contributed by atoms with Crippen LogP contribution in [0.1, 0.15) is 17.5 Å². The van der Waals surface area contributed by atoms with Crippen molar-refractivity contribution in [3.8, 4) is 11.5 Å². The van der Waals surface area contributed by atoms with Crippen molar-refractivity contribution in [2.45, 2.75) is 24.0 Å². The molecule has 36 heavy (non-hydrogen) atoms. The molecular formula is C27H32N2O5S2. The lowest BCUT2D eigenvalue weighted by Gasteiger charge is -2.25. The van der Waals surface area contributed by atoms with Crippen LogP contribution >= 0.6 is 11.8 Å². The van der Waals surface area contributed by atoms with Crippen LogP contribution in [0.3, 0.4) is 0 Å². The van der Waals surface area contributed by atoms with Gasteiger partial charge in [-0.25, -0.2) is 8.42 Å². The summed E-state index contributed by atoms with van der Waals surface area (Å²) in [6, 6.07) is 21.1. The predicted molar refractivity (Wildman–Crippen MR) is 145 cm³/mol. The molecule has 1 amide bonds. The highest BCUT2D eigenvalue weighted by Gasteiger charge is 2.28. The fraction of sp³-hybridized carbons (Fsp3) is 0.296. The number of nitrogens with zero attached hydrogens (tertiary/aromatic N) is 1. The Balaban J connectivity index is 1.65. The topological polar surface area (TPSA) is 84.9 Å². The molecule has 0 fully saturated rings. The van der Waals surface area contributed by atoms with Crippen LogP contribution in [0.25, 0.3) is 0 Å². The van der Waals surface area contributed by atoms with Crippen LogP contribution in [0, 0.1) is 6.92 Å². The Morgan fingerprint density at radius 1 is 0.944 bits per heavy atom. The number of sulfonamides is 1. The van der Waals surface area contributed by atoms with E-state index >= 15 is 0 Å². The largest absolute Gasteiger partial charge is 0.493 e. The third-order valence-corrected chi connectivity index (χ3v) is 8.46. The molecule has 0 saturated heterocycles. The van der Waals surface area contributed by atoms with Gasteiger partial charge in [-0.1, -0.05) is 42.5 Å². The minimum atomic E-state index is -4.00. The molecule has 0 saturated carbocycles. The molecule has 3 rings (SSSR count). The number of nitrogens with one attached hydrogen (secondary N) is 1. The summed E-state index contributed by atoms with van der Waals surface area (Å²) in [4.78, 5) is 12.9. The summed E-state index contributed by atoms with van der Waals surface area (Å²) in [5, 5.41) is 2.85. The van der Waals surface area contributed by atoms with Crippen LogP contribution in [-0.2, 0) is 20.6 Å². The Morgan fingerprint density at radius 2 is 1.64 bits per heavy atom. The molecule has 1 N–H and O–H groups in total. The first kappa shape index (κ1) is 27.4. The zero-order valence-electron chi connectivity index (χ0n) is 20.8. The second kappa shape index (κ2) is 13.2. The minimum absolute atomic E-state index is 0.0974. The molecule has 3 aromatic carbocycles. The summed E-state index contributed by atoms with van der Waals surface area (Å²) in [6.45, 7) is 2.21. The molecule has 0 heterocycles. The van der Waals surface area contributed by atoms with Gasteiger partial charge in [-0.3, -0.25) is 9.10 Å². The zero-order valence-corrected chi connectivity index (χ0v) is 22.4. The molecule has 0 spiro atoms. The highest BCUT2D eigenvalue weighted by Crippen LogP contribution is 2.33. The van der Waals surface area contributed by atoms with Gasteiger partial charge in [-0.2, -0.15) is 11.8 Å². The normalized spacial score (nSPS) is 11.1. The van der Waals surface area contributed by atoms with Crippen LogP contribution < -0.4 is 19.1 Å². The number of carbonyl (C=O) groups excluding carboxylic acids is 1. The van der Waals surface area contributed by atoms with Crippen molar-refractivity contribution < 1.29 is 22.7 Å². The van der Waals surface area contributed by atoms with Crippen molar-refractivity contribution in [1.82, 2.24) is 5.32 Å². The standard InChI is InChI=1S/C27H32N2O5S2/c1-21-10-7-8-11-22(21)20-35-17-9-16-28-27(30)19-29(36(31,32)24-12-5-4-6-13-24)23-14-15-25(33-2)26(18-23)34-3/h4-8,10-15,18H,9,16-17,19-20H2,1-3H3,(H,28,30). The maximum atomic E-state index is 13.5. The lowest BCUT2D eigenvalue weighted by molar-refractivity contribution is -0.119. The molecule has 0 aromatic heterocycles. The molecule has 0 aliphatic carbocycles. The highest BCUT2D eigenvalue weighted by molar-refractivity contribution is 7.98. The number of carbonyl (C=O) groups is 1. The number of aryl methyl sites for hydroxylation is 1. The second-order valence-electron chi connectivity index (χ2n) is 8.05. The second-order valence-corrected chi connectivity index (χ2v) is 11.0. The minimum Gasteiger partial charge on any atom is -0.493 e. The van der Waals surface area contributed by atoms with Crippen LogP contribution in [0.2, 0.25) is 0 Å². The third-order valence-electron chi connectivity index (χ3n) is 5.58. The van der Waals surface area contributed by atoms with Crippen molar-refractivity contribution >= 4 is 33.4 Å². The SMILES string of the molecule is COc1ccc(N(CC(=O)NCCCSCc2ccccc2C)S(=O)(=O)c2ccccc2)cc1OC. The summed E-state index contributed by atoms with van der Waals surface area (Å²) in [5.41, 5.74) is 2.89. The monoisotopic (exact) mass is 528 g/mol. The Bertz CT molecular complexity index is 1250. The van der Waals surface area contributed by atoms with Crippen molar-refractivity contribution in [2.24, 2.45) is 0 Å². The Kier molecular flexibility index (Phi) is 10.1. The van der Waals surface area contributed by atoms with E-state index in [1.54, 1.807) is 36.4 Å². The average molecular weight is 529 g/mol. The Hall–Kier alpha value is -3.17. The van der Waals surface area contributed by atoms with E-state index in [1.165, 1.54) is 37.5 Å². The van der Waals surface area contributed by atoms with Crippen molar-refractivity contribution in [3.63, 3.8) is 0 Å². The van der Waals surface area contributed by atoms with Gasteiger partial charge in [-0.15, -0.1) is 0 Å². The van der Waals surface area contributed by atoms with E-state index in [9.17, 15) is 13.2 Å². The van der Waals surface area contributed by atoms with Gasteiger partial charge in [0, 0.05) is 18.4 Å². The number of rotatable bonds is 13. The zero-order chi connectivity index (χ0) is 26.0. The van der Waals surface area contributed by atoms with E-state index in [0.717, 1.165) is 22.2 Å². The fourth-order valence-corrected chi connectivity index (χ4v) is 6.03. The Labute approximate surface area is 217 Å². The summed E-state index contributed by atoms with van der Waals surface area (Å²) >= 11 is 1.81. The van der Waals surface area contributed by atoms with Crippen molar-refractivity contribution in [1.29, 1.82) is 0 Å². The van der Waals surface area contributed by atoms with E-state index in [4.69, 9.17) is 9.47 Å². The molecular weight excluding hydrogens is 496 g/mol. The van der Waals surface area contributed by atoms with Crippen molar-refractivity contribution in [3.05, 3.63) is 83.9 Å². The third kappa shape index (κ3) is 7.18. The number of benzene rings is 3. The molecule has 0 aliphatic rings. The van der Waals surface area contributed by atoms with E-state index in [-0.39, 0.29) is 17.3 Å². The molecule has 192 valence electrons. The molecule has 0 aliphatic heterocycles. The average Bonchev–Trinajstić information content (AvgIpc) is 2.90. The number of anilines is 1. The molecule has 0 atom stereocenters. The maximum absolute atomic E-state index is 13.5. The summed E-state index contributed by atoms with van der Waals surface area (Å²) in [6.07, 6.45) is 0.782. The van der Waals surface area contributed by atoms with Gasteiger partial charge in [-0.05, 0) is 54.5 Å². The van der Waals surface area contributed by atoms with E-state index in [2.05, 4.69) is 24.4 Å². The van der Waals surface area contributed by atoms with Crippen LogP contribution in [0.15, 0.2) is 77.7 Å². The lowest BCUT2D eigenvalue weighted by Crippen LogP contribution is -2.41. The molecule has 0 radical (unpaired) electrons. The number of methoxy groups -OCH3 is 2. The molecule has 0 unspecified atom stereocenters. The van der Waals surface area contributed by atoms with Crippen LogP contribution in [0.5, 0.6) is 11.5 Å². The predicted octanol–water partition coefficient (Wildman–Crippen LogP) is 4.65. The highest BCUT2D eigenvalue weighted by atomic mass is 32.2. The van der Waals surface area contributed by atoms with Gasteiger partial charge in [0.1, 0.15) is 6.54 Å². The smallest absolute Gasteiger partial charge is 0.264 e. The van der Waals surface area contributed by atoms with Gasteiger partial charge < -0.3 is 14.8 Å². The fourth-order valence-electron chi connectivity index (χ4n) is 3.56. The molecule has 7 nitrogen and oxygen atoms in total. The Morgan fingerprint density at radius 3 is 2.33 bits per heavy atom. The summed E-state index contributed by atoms with van der Waals surface area (Å²) in [5.74, 6) is 2.26. The number of amides is 1. The van der Waals surface area contributed by atoms with Gasteiger partial charge in [0.15, 0.2) is 11.5 Å². The quantitative estimate of drug-likeness (QED) is 0.325. The number of hydrogen-bond acceptors (Lipinski definition) is 6. The summed E-state index contributed by atoms with van der Waals surface area (Å²) < 4.78 is 38.6. The first-order valence-corrected chi connectivity index (χ1v) is 14.1. The molecule has 9 heteroatoms. The molecule has 3 aromatic rings. The van der Waals surface area contributed by atoms with Gasteiger partial charge in [0.05, 0.1) is 24.8 Å². The van der Waals surface area contributed by atoms with Crippen LogP contribution in [0.4, 0.5) is 5.69 Å². The van der Waals surface area contributed by atoms with Gasteiger partial charge in [0.2, 0.25) is 5.91 Å². The summed E-state index contributed by atoms with van der Waals surface area (Å²) in [7, 11) is -1.02. The van der Waals surface area contributed by atoms with Crippen LogP contribution in [-0.4, -0.2) is 47.4 Å². The number of hydrogen-bond donors (Lipinski definition) is 1. The van der Waals surface area contributed by atoms with Gasteiger partial charge >= 0.3 is 0 Å². The van der Waals surface area contributed by atoms with Gasteiger partial charge in [0.25, 0.3) is 10.0 Å². The van der Waals surface area contributed by atoms with E-state index in [0.29, 0.717) is 23.7 Å². The van der Waals surface area contributed by atoms with Crippen molar-refractivity contribution in [2.75, 3.05) is 37.4 Å².